The molecule has 0 aliphatic rings. The van der Waals surface area contributed by atoms with E-state index in [-0.39, 0.29) is 0 Å². The highest BCUT2D eigenvalue weighted by Crippen LogP contribution is 2.25. The van der Waals surface area contributed by atoms with Crippen LogP contribution in [0.5, 0.6) is 0 Å². The van der Waals surface area contributed by atoms with Crippen molar-refractivity contribution in [3.8, 4) is 11.4 Å². The molecule has 90 valence electrons. The predicted octanol–water partition coefficient (Wildman–Crippen LogP) is 3.17. The quantitative estimate of drug-likeness (QED) is 0.561. The van der Waals surface area contributed by atoms with Crippen LogP contribution in [-0.4, -0.2) is 19.9 Å². The lowest BCUT2D eigenvalue weighted by Crippen LogP contribution is -1.87. The molecule has 0 amide bonds. The van der Waals surface area contributed by atoms with Crippen LogP contribution in [0, 0.1) is 0 Å². The third kappa shape index (κ3) is 1.57. The Morgan fingerprint density at radius 3 is 2.58 bits per heavy atom. The number of aromatic nitrogens is 4. The van der Waals surface area contributed by atoms with Gasteiger partial charge in [0, 0.05) is 18.0 Å². The van der Waals surface area contributed by atoms with Crippen LogP contribution in [0.1, 0.15) is 0 Å². The number of aromatic amines is 1. The molecule has 0 aliphatic heterocycles. The first kappa shape index (κ1) is 10.2. The Morgan fingerprint density at radius 1 is 0.789 bits per heavy atom. The number of para-hydroxylation sites is 3. The van der Waals surface area contributed by atoms with Gasteiger partial charge in [0.25, 0.3) is 0 Å². The van der Waals surface area contributed by atoms with Gasteiger partial charge in [-0.25, -0.2) is 4.98 Å². The molecule has 4 heteroatoms. The summed E-state index contributed by atoms with van der Waals surface area (Å²) in [6.45, 7) is 0. The van der Waals surface area contributed by atoms with Gasteiger partial charge in [0.1, 0.15) is 5.82 Å². The first-order valence-corrected chi connectivity index (χ1v) is 6.07. The third-order valence-electron chi connectivity index (χ3n) is 3.14. The van der Waals surface area contributed by atoms with Crippen molar-refractivity contribution < 1.29 is 0 Å². The zero-order valence-electron chi connectivity index (χ0n) is 10.0. The van der Waals surface area contributed by atoms with Gasteiger partial charge >= 0.3 is 0 Å². The molecule has 0 spiro atoms. The second-order valence-corrected chi connectivity index (χ2v) is 4.33. The molecule has 1 N–H and O–H groups in total. The van der Waals surface area contributed by atoms with Crippen LogP contribution < -0.4 is 0 Å². The standard InChI is InChI=1S/C15H10N4/c1-2-6-12-11(5-1)18-15(19-12)10-4-3-7-13-14(10)17-9-8-16-13/h1-9H,(H,18,19). The fourth-order valence-electron chi connectivity index (χ4n) is 2.26. The lowest BCUT2D eigenvalue weighted by molar-refractivity contribution is 1.27. The largest absolute Gasteiger partial charge is 0.338 e. The fourth-order valence-corrected chi connectivity index (χ4v) is 2.26. The number of imidazole rings is 1. The molecule has 0 saturated carbocycles. The first-order valence-electron chi connectivity index (χ1n) is 6.07. The minimum atomic E-state index is 0.826. The van der Waals surface area contributed by atoms with E-state index in [0.717, 1.165) is 33.5 Å². The molecule has 19 heavy (non-hydrogen) atoms. The smallest absolute Gasteiger partial charge is 0.140 e. The fraction of sp³-hybridized carbons (Fsp3) is 0. The number of benzene rings is 2. The summed E-state index contributed by atoms with van der Waals surface area (Å²) in [5.74, 6) is 0.826. The van der Waals surface area contributed by atoms with E-state index < -0.39 is 0 Å². The minimum absolute atomic E-state index is 0.826. The average molecular weight is 246 g/mol. The Hall–Kier alpha value is -2.75. The van der Waals surface area contributed by atoms with Crippen LogP contribution in [0.15, 0.2) is 54.9 Å². The normalized spacial score (nSPS) is 11.2. The lowest BCUT2D eigenvalue weighted by Gasteiger charge is -2.01. The number of nitrogens with one attached hydrogen (secondary N) is 1. The molecule has 2 heterocycles. The second-order valence-electron chi connectivity index (χ2n) is 4.33. The van der Waals surface area contributed by atoms with E-state index in [1.54, 1.807) is 12.4 Å². The summed E-state index contributed by atoms with van der Waals surface area (Å²) in [5.41, 5.74) is 4.70. The maximum atomic E-state index is 4.61. The van der Waals surface area contributed by atoms with E-state index in [1.807, 2.05) is 42.5 Å². The zero-order valence-corrected chi connectivity index (χ0v) is 10.0. The second kappa shape index (κ2) is 3.88. The summed E-state index contributed by atoms with van der Waals surface area (Å²) < 4.78 is 0. The molecule has 0 radical (unpaired) electrons. The highest BCUT2D eigenvalue weighted by atomic mass is 14.9. The lowest BCUT2D eigenvalue weighted by atomic mass is 10.1. The van der Waals surface area contributed by atoms with Gasteiger partial charge in [-0.1, -0.05) is 18.2 Å². The minimum Gasteiger partial charge on any atom is -0.338 e. The maximum absolute atomic E-state index is 4.61. The Bertz CT molecular complexity index is 841. The molecule has 0 unspecified atom stereocenters. The van der Waals surface area contributed by atoms with Gasteiger partial charge in [0.2, 0.25) is 0 Å². The SMILES string of the molecule is c1ccc2[nH]c(-c3cccc4nccnc34)nc2c1. The van der Waals surface area contributed by atoms with Gasteiger partial charge in [0.05, 0.1) is 22.1 Å². The van der Waals surface area contributed by atoms with Gasteiger partial charge in [0.15, 0.2) is 0 Å². The molecular formula is C15H10N4. The predicted molar refractivity (Wildman–Crippen MR) is 74.6 cm³/mol. The van der Waals surface area contributed by atoms with E-state index in [0.29, 0.717) is 0 Å². The van der Waals surface area contributed by atoms with Crippen LogP contribution >= 0.6 is 0 Å². The van der Waals surface area contributed by atoms with Gasteiger partial charge in [-0.3, -0.25) is 9.97 Å². The summed E-state index contributed by atoms with van der Waals surface area (Å²) in [4.78, 5) is 16.7. The highest BCUT2D eigenvalue weighted by Gasteiger charge is 2.09. The zero-order chi connectivity index (χ0) is 12.7. The van der Waals surface area contributed by atoms with Gasteiger partial charge in [-0.05, 0) is 24.3 Å². The molecule has 0 aliphatic carbocycles. The molecule has 4 rings (SSSR count). The highest BCUT2D eigenvalue weighted by molar-refractivity contribution is 5.91. The number of hydrogen-bond acceptors (Lipinski definition) is 3. The van der Waals surface area contributed by atoms with Crippen LogP contribution in [-0.2, 0) is 0 Å². The molecule has 0 bridgehead atoms. The molecule has 4 nitrogen and oxygen atoms in total. The molecule has 0 fully saturated rings. The molecule has 2 aromatic heterocycles. The molecule has 4 aromatic rings. The summed E-state index contributed by atoms with van der Waals surface area (Å²) >= 11 is 0. The third-order valence-corrected chi connectivity index (χ3v) is 3.14. The van der Waals surface area contributed by atoms with Gasteiger partial charge < -0.3 is 4.98 Å². The number of nitrogens with zero attached hydrogens (tertiary/aromatic N) is 3. The summed E-state index contributed by atoms with van der Waals surface area (Å²) in [5, 5.41) is 0. The van der Waals surface area contributed by atoms with E-state index in [9.17, 15) is 0 Å². The molecule has 0 saturated heterocycles. The Morgan fingerprint density at radius 2 is 1.63 bits per heavy atom. The summed E-state index contributed by atoms with van der Waals surface area (Å²) in [7, 11) is 0. The van der Waals surface area contributed by atoms with Crippen molar-refractivity contribution in [1.29, 1.82) is 0 Å². The van der Waals surface area contributed by atoms with Crippen molar-refractivity contribution >= 4 is 22.1 Å². The van der Waals surface area contributed by atoms with Crippen molar-refractivity contribution in [2.24, 2.45) is 0 Å². The van der Waals surface area contributed by atoms with Crippen LogP contribution in [0.2, 0.25) is 0 Å². The van der Waals surface area contributed by atoms with Gasteiger partial charge in [-0.15, -0.1) is 0 Å². The number of hydrogen-bond donors (Lipinski definition) is 1. The van der Waals surface area contributed by atoms with Gasteiger partial charge in [-0.2, -0.15) is 0 Å². The summed E-state index contributed by atoms with van der Waals surface area (Å²) in [6.07, 6.45) is 3.40. The molecule has 2 aromatic carbocycles. The van der Waals surface area contributed by atoms with E-state index >= 15 is 0 Å². The Kier molecular flexibility index (Phi) is 2.08. The van der Waals surface area contributed by atoms with Crippen LogP contribution in [0.25, 0.3) is 33.5 Å². The van der Waals surface area contributed by atoms with Crippen molar-refractivity contribution in [3.05, 3.63) is 54.9 Å². The molecule has 0 atom stereocenters. The number of fused-ring (bicyclic) bond motifs is 2. The van der Waals surface area contributed by atoms with Crippen molar-refractivity contribution in [2.45, 2.75) is 0 Å². The monoisotopic (exact) mass is 246 g/mol. The van der Waals surface area contributed by atoms with Crippen LogP contribution in [0.3, 0.4) is 0 Å². The maximum Gasteiger partial charge on any atom is 0.140 e. The topological polar surface area (TPSA) is 54.5 Å². The number of H-pyrrole nitrogens is 1. The van der Waals surface area contributed by atoms with E-state index in [2.05, 4.69) is 19.9 Å². The molecular weight excluding hydrogens is 236 g/mol. The summed E-state index contributed by atoms with van der Waals surface area (Å²) in [6, 6.07) is 13.9. The van der Waals surface area contributed by atoms with Crippen molar-refractivity contribution in [1.82, 2.24) is 19.9 Å². The first-order chi connectivity index (χ1) is 9.42. The van der Waals surface area contributed by atoms with E-state index in [1.165, 1.54) is 0 Å². The van der Waals surface area contributed by atoms with Crippen molar-refractivity contribution in [3.63, 3.8) is 0 Å². The van der Waals surface area contributed by atoms with Crippen LogP contribution in [0.4, 0.5) is 0 Å². The number of rotatable bonds is 1. The van der Waals surface area contributed by atoms with Crippen molar-refractivity contribution in [2.75, 3.05) is 0 Å². The average Bonchev–Trinajstić information content (AvgIpc) is 2.90. The van der Waals surface area contributed by atoms with E-state index in [4.69, 9.17) is 0 Å². The Labute approximate surface area is 109 Å². The Balaban J connectivity index is 2.03.